The highest BCUT2D eigenvalue weighted by Crippen LogP contribution is 2.42. The predicted molar refractivity (Wildman–Crippen MR) is 64.2 cm³/mol. The summed E-state index contributed by atoms with van der Waals surface area (Å²) in [5.74, 6) is -0.491. The second-order valence-electron chi connectivity index (χ2n) is 5.04. The summed E-state index contributed by atoms with van der Waals surface area (Å²) in [5.41, 5.74) is 5.41. The van der Waals surface area contributed by atoms with Gasteiger partial charge >= 0.3 is 6.29 Å². The third-order valence-electron chi connectivity index (χ3n) is 2.30. The van der Waals surface area contributed by atoms with Crippen molar-refractivity contribution in [2.75, 3.05) is 5.32 Å². The Balaban J connectivity index is 2.07. The number of halogens is 2. The van der Waals surface area contributed by atoms with Crippen LogP contribution in [0, 0.1) is 0 Å². The SMILES string of the molecule is CC(C)(N)CC(=O)Nc1ccc2c(c1)OC(F)(F)O2. The first-order valence-corrected chi connectivity index (χ1v) is 5.63. The maximum absolute atomic E-state index is 12.8. The number of benzene rings is 1. The van der Waals surface area contributed by atoms with Gasteiger partial charge in [-0.15, -0.1) is 8.78 Å². The van der Waals surface area contributed by atoms with Gasteiger partial charge in [0, 0.05) is 23.7 Å². The normalized spacial score (nSPS) is 16.3. The van der Waals surface area contributed by atoms with Crippen LogP contribution in [-0.2, 0) is 4.79 Å². The molecule has 0 spiro atoms. The molecule has 0 fully saturated rings. The Kier molecular flexibility index (Phi) is 3.09. The van der Waals surface area contributed by atoms with E-state index >= 15 is 0 Å². The van der Waals surface area contributed by atoms with E-state index in [1.165, 1.54) is 18.2 Å². The third kappa shape index (κ3) is 3.54. The number of amides is 1. The number of carbonyl (C=O) groups is 1. The lowest BCUT2D eigenvalue weighted by Gasteiger charge is -2.17. The number of fused-ring (bicyclic) bond motifs is 1. The van der Waals surface area contributed by atoms with Crippen LogP contribution >= 0.6 is 0 Å². The van der Waals surface area contributed by atoms with Gasteiger partial charge in [-0.2, -0.15) is 0 Å². The molecule has 1 aromatic rings. The standard InChI is InChI=1S/C12H14F2N2O3/c1-11(2,15)6-10(17)16-7-3-4-8-9(5-7)19-12(13,14)18-8/h3-5H,6,15H2,1-2H3,(H,16,17). The molecule has 19 heavy (non-hydrogen) atoms. The summed E-state index contributed by atoms with van der Waals surface area (Å²) < 4.78 is 34.1. The molecule has 0 radical (unpaired) electrons. The minimum absolute atomic E-state index is 0.0675. The average Bonchev–Trinajstić information content (AvgIpc) is 2.47. The molecule has 7 heteroatoms. The summed E-state index contributed by atoms with van der Waals surface area (Å²) >= 11 is 0. The van der Waals surface area contributed by atoms with Gasteiger partial charge in [-0.05, 0) is 26.0 Å². The smallest absolute Gasteiger partial charge is 0.395 e. The van der Waals surface area contributed by atoms with Crippen LogP contribution in [0.25, 0.3) is 0 Å². The summed E-state index contributed by atoms with van der Waals surface area (Å²) in [6.45, 7) is 3.43. The Morgan fingerprint density at radius 2 is 2.00 bits per heavy atom. The summed E-state index contributed by atoms with van der Waals surface area (Å²) in [7, 11) is 0. The van der Waals surface area contributed by atoms with Gasteiger partial charge in [0.25, 0.3) is 0 Å². The fourth-order valence-corrected chi connectivity index (χ4v) is 1.65. The fourth-order valence-electron chi connectivity index (χ4n) is 1.65. The molecule has 1 aromatic carbocycles. The molecule has 0 saturated carbocycles. The van der Waals surface area contributed by atoms with Gasteiger partial charge < -0.3 is 20.5 Å². The molecular formula is C12H14F2N2O3. The van der Waals surface area contributed by atoms with E-state index in [-0.39, 0.29) is 23.8 Å². The van der Waals surface area contributed by atoms with E-state index < -0.39 is 11.8 Å². The molecule has 0 unspecified atom stereocenters. The fraction of sp³-hybridized carbons (Fsp3) is 0.417. The van der Waals surface area contributed by atoms with Crippen molar-refractivity contribution >= 4 is 11.6 Å². The first-order valence-electron chi connectivity index (χ1n) is 5.63. The zero-order valence-electron chi connectivity index (χ0n) is 10.5. The van der Waals surface area contributed by atoms with Crippen molar-refractivity contribution < 1.29 is 23.0 Å². The first-order chi connectivity index (χ1) is 8.65. The molecule has 104 valence electrons. The number of nitrogens with one attached hydrogen (secondary N) is 1. The first kappa shape index (κ1) is 13.5. The van der Waals surface area contributed by atoms with Gasteiger partial charge in [0.05, 0.1) is 0 Å². The van der Waals surface area contributed by atoms with Crippen molar-refractivity contribution in [2.45, 2.75) is 32.1 Å². The molecule has 0 aliphatic carbocycles. The lowest BCUT2D eigenvalue weighted by molar-refractivity contribution is -0.286. The quantitative estimate of drug-likeness (QED) is 0.883. The van der Waals surface area contributed by atoms with E-state index in [4.69, 9.17) is 5.73 Å². The number of hydrogen-bond donors (Lipinski definition) is 2. The van der Waals surface area contributed by atoms with Gasteiger partial charge in [0.15, 0.2) is 11.5 Å². The minimum atomic E-state index is -3.66. The Labute approximate surface area is 108 Å². The van der Waals surface area contributed by atoms with Crippen molar-refractivity contribution in [2.24, 2.45) is 5.73 Å². The molecule has 0 saturated heterocycles. The minimum Gasteiger partial charge on any atom is -0.395 e. The maximum Gasteiger partial charge on any atom is 0.586 e. The van der Waals surface area contributed by atoms with Crippen molar-refractivity contribution in [3.05, 3.63) is 18.2 Å². The van der Waals surface area contributed by atoms with Crippen molar-refractivity contribution in [1.29, 1.82) is 0 Å². The highest BCUT2D eigenvalue weighted by molar-refractivity contribution is 5.91. The predicted octanol–water partition coefficient (Wildman–Crippen LogP) is 2.07. The highest BCUT2D eigenvalue weighted by Gasteiger charge is 2.43. The number of carbonyl (C=O) groups excluding carboxylic acids is 1. The second kappa shape index (κ2) is 4.34. The van der Waals surface area contributed by atoms with Gasteiger partial charge in [-0.3, -0.25) is 4.79 Å². The molecule has 1 heterocycles. The second-order valence-corrected chi connectivity index (χ2v) is 5.04. The Morgan fingerprint density at radius 3 is 2.63 bits per heavy atom. The lowest BCUT2D eigenvalue weighted by atomic mass is 10.0. The van der Waals surface area contributed by atoms with Crippen LogP contribution in [0.2, 0.25) is 0 Å². The van der Waals surface area contributed by atoms with E-state index in [1.807, 2.05) is 0 Å². The highest BCUT2D eigenvalue weighted by atomic mass is 19.3. The average molecular weight is 272 g/mol. The number of hydrogen-bond acceptors (Lipinski definition) is 4. The molecule has 0 bridgehead atoms. The summed E-state index contributed by atoms with van der Waals surface area (Å²) in [5, 5.41) is 2.56. The van der Waals surface area contributed by atoms with E-state index in [9.17, 15) is 13.6 Å². The largest absolute Gasteiger partial charge is 0.586 e. The van der Waals surface area contributed by atoms with Gasteiger partial charge in [-0.25, -0.2) is 0 Å². The van der Waals surface area contributed by atoms with Crippen LogP contribution in [0.3, 0.4) is 0 Å². The van der Waals surface area contributed by atoms with E-state index in [0.29, 0.717) is 5.69 Å². The van der Waals surface area contributed by atoms with Crippen LogP contribution in [0.1, 0.15) is 20.3 Å². The molecule has 3 N–H and O–H groups in total. The van der Waals surface area contributed by atoms with Crippen LogP contribution in [0.15, 0.2) is 18.2 Å². The van der Waals surface area contributed by atoms with Gasteiger partial charge in [0.2, 0.25) is 5.91 Å². The number of nitrogens with two attached hydrogens (primary N) is 1. The monoisotopic (exact) mass is 272 g/mol. The van der Waals surface area contributed by atoms with Crippen molar-refractivity contribution in [1.82, 2.24) is 0 Å². The van der Waals surface area contributed by atoms with Gasteiger partial charge in [-0.1, -0.05) is 0 Å². The Morgan fingerprint density at radius 1 is 1.37 bits per heavy atom. The maximum atomic E-state index is 12.8. The number of anilines is 1. The lowest BCUT2D eigenvalue weighted by Crippen LogP contribution is -2.36. The Bertz CT molecular complexity index is 512. The molecular weight excluding hydrogens is 258 g/mol. The Hall–Kier alpha value is -1.89. The molecule has 0 atom stereocenters. The molecule has 1 amide bonds. The number of alkyl halides is 2. The molecule has 2 rings (SSSR count). The van der Waals surface area contributed by atoms with Crippen LogP contribution in [0.5, 0.6) is 11.5 Å². The summed E-state index contributed by atoms with van der Waals surface area (Å²) in [6.07, 6.45) is -3.55. The number of rotatable bonds is 3. The van der Waals surface area contributed by atoms with Crippen LogP contribution < -0.4 is 20.5 Å². The molecule has 1 aliphatic rings. The molecule has 5 nitrogen and oxygen atoms in total. The summed E-state index contributed by atoms with van der Waals surface area (Å²) in [6, 6.07) is 4.03. The van der Waals surface area contributed by atoms with Crippen LogP contribution in [0.4, 0.5) is 14.5 Å². The summed E-state index contributed by atoms with van der Waals surface area (Å²) in [4.78, 5) is 11.6. The van der Waals surface area contributed by atoms with Crippen LogP contribution in [-0.4, -0.2) is 17.7 Å². The zero-order valence-corrected chi connectivity index (χ0v) is 10.5. The molecule has 0 aromatic heterocycles. The topological polar surface area (TPSA) is 73.6 Å². The van der Waals surface area contributed by atoms with Gasteiger partial charge in [0.1, 0.15) is 0 Å². The zero-order chi connectivity index (χ0) is 14.3. The third-order valence-corrected chi connectivity index (χ3v) is 2.30. The van der Waals surface area contributed by atoms with E-state index in [1.54, 1.807) is 13.8 Å². The molecule has 1 aliphatic heterocycles. The van der Waals surface area contributed by atoms with E-state index in [0.717, 1.165) is 0 Å². The van der Waals surface area contributed by atoms with Crippen molar-refractivity contribution in [3.8, 4) is 11.5 Å². The van der Waals surface area contributed by atoms with Crippen molar-refractivity contribution in [3.63, 3.8) is 0 Å². The number of ether oxygens (including phenoxy) is 2. The van der Waals surface area contributed by atoms with E-state index in [2.05, 4.69) is 14.8 Å².